The molecule has 2 aromatic carbocycles. The van der Waals surface area contributed by atoms with E-state index in [0.717, 1.165) is 16.9 Å². The van der Waals surface area contributed by atoms with Gasteiger partial charge < -0.3 is 47.9 Å². The number of hydrogen-bond acceptors (Lipinski definition) is 14. The molecule has 0 spiro atoms. The van der Waals surface area contributed by atoms with E-state index < -0.39 is 33.3 Å². The Morgan fingerprint density at radius 3 is 1.71 bits per heavy atom. The van der Waals surface area contributed by atoms with Crippen molar-refractivity contribution in [2.45, 2.75) is 91.1 Å². The molecule has 0 fully saturated rings. The Morgan fingerprint density at radius 1 is 0.677 bits per heavy atom. The van der Waals surface area contributed by atoms with Crippen molar-refractivity contribution < 1.29 is 57.0 Å². The van der Waals surface area contributed by atoms with Gasteiger partial charge in [-0.15, -0.1) is 0 Å². The van der Waals surface area contributed by atoms with Crippen LogP contribution in [0.25, 0.3) is 0 Å². The first-order valence-corrected chi connectivity index (χ1v) is 24.3. The molecule has 0 aliphatic rings. The number of unbranched alkanes of at least 4 members (excludes halogenated alkanes) is 1. The summed E-state index contributed by atoms with van der Waals surface area (Å²) in [6.07, 6.45) is 8.06. The fraction of sp³-hybridized carbons (Fsp3) is 0.674. The number of nitrogens with zero attached hydrogens (tertiary/aromatic N) is 2. The fourth-order valence-corrected chi connectivity index (χ4v) is 6.62. The summed E-state index contributed by atoms with van der Waals surface area (Å²) < 4.78 is 50.7. The van der Waals surface area contributed by atoms with Gasteiger partial charge in [0, 0.05) is 63.3 Å². The first-order valence-electron chi connectivity index (χ1n) is 21.3. The van der Waals surface area contributed by atoms with Crippen molar-refractivity contribution in [1.29, 1.82) is 0 Å². The number of para-hydroxylation sites is 2. The Balaban J connectivity index is 2.53. The molecule has 0 saturated carbocycles. The second kappa shape index (κ2) is 28.9. The van der Waals surface area contributed by atoms with Gasteiger partial charge >= 0.3 is 18.0 Å². The van der Waals surface area contributed by atoms with E-state index in [-0.39, 0.29) is 38.7 Å². The van der Waals surface area contributed by atoms with E-state index in [1.54, 1.807) is 14.2 Å². The third kappa shape index (κ3) is 26.1. The van der Waals surface area contributed by atoms with Crippen molar-refractivity contribution in [2.75, 3.05) is 112 Å². The Hall–Kier alpha value is -3.64. The summed E-state index contributed by atoms with van der Waals surface area (Å²) in [5.41, 5.74) is 0.257. The van der Waals surface area contributed by atoms with Gasteiger partial charge in [-0.25, -0.2) is 14.8 Å². The smallest absolute Gasteiger partial charge is 0.407 e. The third-order valence-electron chi connectivity index (χ3n) is 8.84. The van der Waals surface area contributed by atoms with Crippen LogP contribution in [0.1, 0.15) is 71.9 Å². The molecule has 15 nitrogen and oxygen atoms in total. The van der Waals surface area contributed by atoms with E-state index in [9.17, 15) is 14.4 Å². The molecular formula is C46H77N3O12S. The van der Waals surface area contributed by atoms with Crippen LogP contribution in [0.3, 0.4) is 0 Å². The van der Waals surface area contributed by atoms with Crippen molar-refractivity contribution in [3.63, 3.8) is 0 Å². The number of alkyl carbamates (subject to hydrolysis) is 1. The van der Waals surface area contributed by atoms with Crippen molar-refractivity contribution in [3.8, 4) is 11.5 Å². The first kappa shape index (κ1) is 54.5. The van der Waals surface area contributed by atoms with E-state index in [1.165, 1.54) is 0 Å². The standard InChI is InChI=1S/C46H77N3O12S/c1-45(2,3)60-42(50)33-48(30-37-18-12-14-21-40(37)58-35-55-26-24-53-7)32-39(20-16-17-23-47-44(52)57-28-29-62(9,10)11)49(34-43(51)61-46(4,5)6)31-38-19-13-15-22-41(38)59-36-56-27-25-54-8/h12-15,18-19,21-22,39H,16-17,20,23-36H2,1-11H3,(H,47,52)/t39-/m0/s1. The quantitative estimate of drug-likeness (QED) is 0.0373. The fourth-order valence-electron chi connectivity index (χ4n) is 6.04. The molecule has 1 amide bonds. The molecule has 0 saturated heterocycles. The Labute approximate surface area is 373 Å². The van der Waals surface area contributed by atoms with Gasteiger partial charge in [0.15, 0.2) is 13.6 Å². The Kier molecular flexibility index (Phi) is 25.4. The lowest BCUT2D eigenvalue weighted by Crippen LogP contribution is -2.48. The number of hydrogen-bond donors (Lipinski definition) is 1. The van der Waals surface area contributed by atoms with Crippen molar-refractivity contribution in [1.82, 2.24) is 15.1 Å². The maximum atomic E-state index is 13.7. The zero-order valence-corrected chi connectivity index (χ0v) is 40.2. The van der Waals surface area contributed by atoms with Gasteiger partial charge in [0.05, 0.1) is 39.5 Å². The number of carbonyl (C=O) groups is 3. The van der Waals surface area contributed by atoms with Gasteiger partial charge in [-0.3, -0.25) is 19.4 Å². The molecule has 0 aliphatic heterocycles. The lowest BCUT2D eigenvalue weighted by atomic mass is 10.0. The highest BCUT2D eigenvalue weighted by molar-refractivity contribution is 8.32. The van der Waals surface area contributed by atoms with Gasteiger partial charge in [-0.05, 0) is 85.3 Å². The molecule has 16 heteroatoms. The molecule has 0 unspecified atom stereocenters. The summed E-state index contributed by atoms with van der Waals surface area (Å²) in [5, 5.41) is 2.89. The van der Waals surface area contributed by atoms with E-state index >= 15 is 0 Å². The Bertz CT molecular complexity index is 1580. The lowest BCUT2D eigenvalue weighted by Gasteiger charge is -2.36. The molecule has 0 aromatic heterocycles. The molecule has 0 aliphatic carbocycles. The zero-order chi connectivity index (χ0) is 46.0. The van der Waals surface area contributed by atoms with Crippen LogP contribution in [0.2, 0.25) is 0 Å². The van der Waals surface area contributed by atoms with Gasteiger partial charge in [-0.2, -0.15) is 0 Å². The van der Waals surface area contributed by atoms with Crippen LogP contribution in [0.5, 0.6) is 11.5 Å². The van der Waals surface area contributed by atoms with Gasteiger partial charge in [0.1, 0.15) is 29.3 Å². The summed E-state index contributed by atoms with van der Waals surface area (Å²) in [7, 11) is 2.43. The van der Waals surface area contributed by atoms with Crippen LogP contribution in [-0.2, 0) is 55.8 Å². The van der Waals surface area contributed by atoms with Gasteiger partial charge in [0.25, 0.3) is 0 Å². The minimum absolute atomic E-state index is 0.0191. The largest absolute Gasteiger partial charge is 0.467 e. The van der Waals surface area contributed by atoms with Crippen LogP contribution in [0.4, 0.5) is 4.79 Å². The highest BCUT2D eigenvalue weighted by Gasteiger charge is 2.29. The lowest BCUT2D eigenvalue weighted by molar-refractivity contribution is -0.159. The number of rotatable bonds is 31. The molecule has 354 valence electrons. The summed E-state index contributed by atoms with van der Waals surface area (Å²) in [6.45, 7) is 14.4. The molecule has 1 N–H and O–H groups in total. The molecule has 2 aromatic rings. The molecule has 1 atom stereocenters. The highest BCUT2D eigenvalue weighted by atomic mass is 32.3. The van der Waals surface area contributed by atoms with Crippen molar-refractivity contribution >= 4 is 28.1 Å². The Morgan fingerprint density at radius 2 is 1.19 bits per heavy atom. The van der Waals surface area contributed by atoms with E-state index in [0.29, 0.717) is 90.0 Å². The topological polar surface area (TPSA) is 153 Å². The number of carbonyl (C=O) groups excluding carboxylic acids is 3. The second-order valence-corrected chi connectivity index (χ2v) is 22.4. The van der Waals surface area contributed by atoms with E-state index in [1.807, 2.05) is 95.0 Å². The summed E-state index contributed by atoms with van der Waals surface area (Å²) in [4.78, 5) is 43.9. The molecule has 0 radical (unpaired) electrons. The molecule has 2 rings (SSSR count). The maximum absolute atomic E-state index is 13.7. The van der Waals surface area contributed by atoms with Crippen LogP contribution < -0.4 is 14.8 Å². The molecule has 62 heavy (non-hydrogen) atoms. The predicted octanol–water partition coefficient (Wildman–Crippen LogP) is 6.63. The van der Waals surface area contributed by atoms with Gasteiger partial charge in [-0.1, -0.05) is 42.8 Å². The SMILES string of the molecule is COCCOCOc1ccccc1CN(CC(=O)OC(C)(C)C)C[C@H](CCCCNC(=O)OCCS(C)(C)C)N(CC(=O)OC(C)(C)C)Cc1ccccc1OCOCCOC. The van der Waals surface area contributed by atoms with E-state index in [2.05, 4.69) is 29.0 Å². The maximum Gasteiger partial charge on any atom is 0.407 e. The number of amides is 1. The highest BCUT2D eigenvalue weighted by Crippen LogP contribution is 2.33. The average molecular weight is 896 g/mol. The number of nitrogens with one attached hydrogen (secondary N) is 1. The molecule has 0 heterocycles. The summed E-state index contributed by atoms with van der Waals surface area (Å²) in [6, 6.07) is 15.0. The first-order chi connectivity index (χ1) is 29.3. The number of esters is 2. The summed E-state index contributed by atoms with van der Waals surface area (Å²) >= 11 is 0. The average Bonchev–Trinajstić information content (AvgIpc) is 3.16. The minimum Gasteiger partial charge on any atom is -0.467 e. The number of methoxy groups -OCH3 is 2. The third-order valence-corrected chi connectivity index (χ3v) is 10.2. The number of ether oxygens (including phenoxy) is 9. The minimum atomic E-state index is -0.787. The summed E-state index contributed by atoms with van der Waals surface area (Å²) in [5.74, 6) is 1.28. The van der Waals surface area contributed by atoms with Crippen LogP contribution in [0, 0.1) is 0 Å². The van der Waals surface area contributed by atoms with Crippen LogP contribution in [-0.4, -0.2) is 157 Å². The van der Waals surface area contributed by atoms with Crippen LogP contribution in [0.15, 0.2) is 48.5 Å². The van der Waals surface area contributed by atoms with Crippen molar-refractivity contribution in [2.24, 2.45) is 0 Å². The van der Waals surface area contributed by atoms with Gasteiger partial charge in [0.2, 0.25) is 0 Å². The predicted molar refractivity (Wildman–Crippen MR) is 244 cm³/mol. The molecular weight excluding hydrogens is 819 g/mol. The second-order valence-electron chi connectivity index (χ2n) is 17.8. The number of benzene rings is 2. The van der Waals surface area contributed by atoms with Crippen LogP contribution >= 0.6 is 10.0 Å². The van der Waals surface area contributed by atoms with E-state index in [4.69, 9.17) is 42.6 Å². The normalized spacial score (nSPS) is 12.9. The van der Waals surface area contributed by atoms with Crippen molar-refractivity contribution in [3.05, 3.63) is 59.7 Å². The zero-order valence-electron chi connectivity index (χ0n) is 39.4. The molecule has 0 bridgehead atoms. The monoisotopic (exact) mass is 896 g/mol.